The number of hydrogen-bond donors (Lipinski definition) is 7. The Kier molecular flexibility index (Phi) is 40.9. The van der Waals surface area contributed by atoms with Crippen LogP contribution in [0.3, 0.4) is 0 Å². The molecule has 11 rings (SSSR count). The molecule has 2 saturated carbocycles. The first-order chi connectivity index (χ1) is 58.5. The molecular weight excluding hydrogens is 1570 g/mol. The first-order valence-corrected chi connectivity index (χ1v) is 45.0. The van der Waals surface area contributed by atoms with Crippen molar-refractivity contribution in [2.24, 2.45) is 17.8 Å². The number of methoxy groups -OCH3 is 6. The van der Waals surface area contributed by atoms with Crippen molar-refractivity contribution < 1.29 is 62.3 Å². The number of nitrogens with one attached hydrogen (secondary N) is 6. The lowest BCUT2D eigenvalue weighted by molar-refractivity contribution is -0.123. The number of carbonyl (C=O) groups is 6. The van der Waals surface area contributed by atoms with E-state index in [4.69, 9.17) is 43.7 Å². The second-order valence-corrected chi connectivity index (χ2v) is 34.2. The van der Waals surface area contributed by atoms with E-state index in [9.17, 15) is 33.9 Å². The summed E-state index contributed by atoms with van der Waals surface area (Å²) in [4.78, 5) is 86.7. The number of amides is 6. The third-order valence-corrected chi connectivity index (χ3v) is 24.5. The van der Waals surface area contributed by atoms with Crippen molar-refractivity contribution >= 4 is 47.9 Å². The van der Waals surface area contributed by atoms with Crippen LogP contribution in [0.5, 0.6) is 34.5 Å². The van der Waals surface area contributed by atoms with Gasteiger partial charge in [0.2, 0.25) is 17.7 Å². The summed E-state index contributed by atoms with van der Waals surface area (Å²) in [7, 11) is 9.73. The molecule has 2 unspecified atom stereocenters. The van der Waals surface area contributed by atoms with Crippen molar-refractivity contribution in [1.82, 2.24) is 75.9 Å². The van der Waals surface area contributed by atoms with E-state index in [1.165, 1.54) is 64.2 Å². The standard InChI is InChI=1S/C32H51N5O5.C31H47N5O4.C30H45N5O4.ClH/c1-6-23(7-2)22-37-27(31-28(41-4)13-12-14-29(31)42-5)20-26(35-37)32(40)34-24(15-18-36-16-10-9-11-17-36)19-30(39)33-21-25(38)8-3;1-21(2)22(3)36-26(30-27(39-4)13-10-14-28(30)40-5)20-25(34-36)31(38)33-24(15-18-35-16-7-6-8-17-35)19-29(37)32-23-11-9-12-23;1-21(2)20-35-25(29-26(38-3)12-9-13-27(29)39-4)19-24(33-35)30(37)32-23(14-17-34-15-6-5-7-16-34)18-28(36)31-22-10-8-11-22;/h12-14,20,23-25,38H,6-11,15-19,21-22H2,1-5H3,(H,33,39)(H,34,40);10,13-14,20-24H,6-9,11-12,15-19H2,1-5H3,(H,32,37)(H,33,38);9,12-13,19,21-23H,5-8,10-11,14-18,20H2,1-4H3,(H,31,36)(H,32,37);1H/t24-,25?;22?,24-;23-;/m000./s1. The predicted octanol–water partition coefficient (Wildman–Crippen LogP) is 13.8. The summed E-state index contributed by atoms with van der Waals surface area (Å²) < 4.78 is 39.6. The van der Waals surface area contributed by atoms with Crippen LogP contribution >= 0.6 is 12.4 Å². The molecule has 3 aromatic carbocycles. The number of carbonyl (C=O) groups excluding carboxylic acids is 6. The molecule has 676 valence electrons. The highest BCUT2D eigenvalue weighted by Crippen LogP contribution is 2.43. The molecule has 28 nitrogen and oxygen atoms in total. The van der Waals surface area contributed by atoms with Gasteiger partial charge < -0.3 is 80.1 Å². The topological polar surface area (TPSA) is 313 Å². The third kappa shape index (κ3) is 29.1. The van der Waals surface area contributed by atoms with Gasteiger partial charge in [-0.2, -0.15) is 15.3 Å². The Morgan fingerprint density at radius 1 is 0.434 bits per heavy atom. The lowest BCUT2D eigenvalue weighted by Gasteiger charge is -2.29. The molecule has 0 radical (unpaired) electrons. The number of rotatable bonds is 43. The average Bonchev–Trinajstić information content (AvgIpc) is 1.66. The van der Waals surface area contributed by atoms with Crippen LogP contribution in [0.4, 0.5) is 0 Å². The predicted molar refractivity (Wildman–Crippen MR) is 481 cm³/mol. The number of hydrogen-bond acceptors (Lipinski definition) is 19. The molecule has 6 aromatic rings. The van der Waals surface area contributed by atoms with Crippen LogP contribution in [0, 0.1) is 17.8 Å². The first kappa shape index (κ1) is 98.5. The highest BCUT2D eigenvalue weighted by Gasteiger charge is 2.33. The Morgan fingerprint density at radius 2 is 0.762 bits per heavy atom. The van der Waals surface area contributed by atoms with Crippen LogP contribution in [0.25, 0.3) is 33.8 Å². The Bertz CT molecular complexity index is 4150. The van der Waals surface area contributed by atoms with Gasteiger partial charge in [-0.3, -0.25) is 42.8 Å². The largest absolute Gasteiger partial charge is 0.496 e. The number of nitrogens with zero attached hydrogens (tertiary/aromatic N) is 9. The van der Waals surface area contributed by atoms with Crippen LogP contribution in [0.15, 0.2) is 72.8 Å². The maximum atomic E-state index is 13.7. The normalized spacial score (nSPS) is 16.5. The first-order valence-electron chi connectivity index (χ1n) is 45.0. The van der Waals surface area contributed by atoms with Crippen LogP contribution in [-0.4, -0.2) is 229 Å². The molecule has 6 heterocycles. The van der Waals surface area contributed by atoms with Gasteiger partial charge in [-0.25, -0.2) is 0 Å². The molecule has 7 N–H and O–H groups in total. The minimum atomic E-state index is -0.584. The second-order valence-electron chi connectivity index (χ2n) is 34.2. The summed E-state index contributed by atoms with van der Waals surface area (Å²) in [6, 6.07) is 22.0. The minimum Gasteiger partial charge on any atom is -0.496 e. The second kappa shape index (κ2) is 50.7. The van der Waals surface area contributed by atoms with E-state index in [0.717, 1.165) is 150 Å². The van der Waals surface area contributed by atoms with Gasteiger partial charge in [0.15, 0.2) is 17.1 Å². The van der Waals surface area contributed by atoms with Crippen molar-refractivity contribution in [3.05, 3.63) is 89.9 Å². The van der Waals surface area contributed by atoms with Gasteiger partial charge in [0, 0.05) is 88.7 Å². The summed E-state index contributed by atoms with van der Waals surface area (Å²) in [6.07, 6.45) is 22.2. The number of likely N-dealkylation sites (tertiary alicyclic amines) is 3. The monoisotopic (exact) mass is 1710 g/mol. The highest BCUT2D eigenvalue weighted by atomic mass is 35.5. The summed E-state index contributed by atoms with van der Waals surface area (Å²) in [5.41, 5.74) is 5.45. The van der Waals surface area contributed by atoms with Gasteiger partial charge in [0.1, 0.15) is 34.5 Å². The maximum absolute atomic E-state index is 13.7. The molecule has 3 aromatic heterocycles. The van der Waals surface area contributed by atoms with Crippen molar-refractivity contribution in [2.45, 2.75) is 265 Å². The van der Waals surface area contributed by atoms with Gasteiger partial charge in [-0.05, 0) is 221 Å². The molecule has 5 fully saturated rings. The Hall–Kier alpha value is -8.96. The zero-order valence-electron chi connectivity index (χ0n) is 75.4. The van der Waals surface area contributed by atoms with E-state index < -0.39 is 6.10 Å². The highest BCUT2D eigenvalue weighted by molar-refractivity contribution is 5.96. The molecular formula is C93H144ClN15O13. The molecule has 5 aliphatic rings. The average molecular weight is 1720 g/mol. The number of halogens is 1. The van der Waals surface area contributed by atoms with E-state index in [1.54, 1.807) is 54.8 Å². The molecule has 3 saturated heterocycles. The third-order valence-electron chi connectivity index (χ3n) is 24.5. The van der Waals surface area contributed by atoms with Gasteiger partial charge >= 0.3 is 0 Å². The fourth-order valence-electron chi connectivity index (χ4n) is 16.3. The molecule has 0 spiro atoms. The number of ether oxygens (including phenoxy) is 6. The van der Waals surface area contributed by atoms with Crippen molar-refractivity contribution in [2.75, 3.05) is 108 Å². The van der Waals surface area contributed by atoms with Gasteiger partial charge in [-0.15, -0.1) is 12.4 Å². The Balaban J connectivity index is 0.000000227. The molecule has 122 heavy (non-hydrogen) atoms. The molecule has 3 aliphatic heterocycles. The molecule has 2 aliphatic carbocycles. The van der Waals surface area contributed by atoms with E-state index >= 15 is 0 Å². The summed E-state index contributed by atoms with van der Waals surface area (Å²) in [5.74, 6) is 3.81. The quantitative estimate of drug-likeness (QED) is 0.0187. The lowest BCUT2D eigenvalue weighted by atomic mass is 9.93. The SMILES string of the molecule is CCC(O)CNC(=O)C[C@H](CCN1CCCCC1)NC(=O)c1cc(-c2c(OC)cccc2OC)n(CC(CC)CC)n1.COc1cccc(OC)c1-c1cc(C(=O)N[C@@H](CCN2CCCCC2)CC(=O)NC2CCC2)nn1C(C)C(C)C.COc1cccc(OC)c1-c1cc(C(=O)N[C@@H](CCN2CCCCC2)CC(=O)NC2CCC2)nn1CC(C)C.Cl. The minimum absolute atomic E-state index is 0. The van der Waals surface area contributed by atoms with Crippen molar-refractivity contribution in [3.63, 3.8) is 0 Å². The van der Waals surface area contributed by atoms with E-state index in [-0.39, 0.29) is 122 Å². The number of aliphatic hydroxyl groups excluding tert-OH is 1. The van der Waals surface area contributed by atoms with E-state index in [1.807, 2.05) is 81.6 Å². The van der Waals surface area contributed by atoms with Crippen LogP contribution < -0.4 is 60.3 Å². The van der Waals surface area contributed by atoms with E-state index in [2.05, 4.69) is 95.1 Å². The summed E-state index contributed by atoms with van der Waals surface area (Å²) in [6.45, 7) is 27.2. The number of piperidine rings is 3. The molecule has 0 bridgehead atoms. The number of aliphatic hydroxyl groups is 1. The summed E-state index contributed by atoms with van der Waals surface area (Å²) >= 11 is 0. The maximum Gasteiger partial charge on any atom is 0.272 e. The fraction of sp³-hybridized carbons (Fsp3) is 0.645. The smallest absolute Gasteiger partial charge is 0.272 e. The van der Waals surface area contributed by atoms with E-state index in [0.29, 0.717) is 83.7 Å². The molecule has 6 amide bonds. The van der Waals surface area contributed by atoms with Crippen molar-refractivity contribution in [3.8, 4) is 68.3 Å². The van der Waals surface area contributed by atoms with Gasteiger partial charge in [-0.1, -0.05) is 98.8 Å². The van der Waals surface area contributed by atoms with Crippen LogP contribution in [0.1, 0.15) is 247 Å². The summed E-state index contributed by atoms with van der Waals surface area (Å²) in [5, 5.41) is 42.7. The lowest BCUT2D eigenvalue weighted by Crippen LogP contribution is -2.45. The number of benzene rings is 3. The van der Waals surface area contributed by atoms with Crippen LogP contribution in [-0.2, 0) is 27.5 Å². The number of aromatic nitrogens is 6. The molecule has 5 atom stereocenters. The van der Waals surface area contributed by atoms with Crippen molar-refractivity contribution in [1.29, 1.82) is 0 Å². The fourth-order valence-corrected chi connectivity index (χ4v) is 16.3. The molecule has 29 heteroatoms. The Morgan fingerprint density at radius 3 is 1.07 bits per heavy atom. The Labute approximate surface area is 731 Å². The zero-order valence-corrected chi connectivity index (χ0v) is 76.3. The zero-order chi connectivity index (χ0) is 86.9. The van der Waals surface area contributed by atoms with Crippen LogP contribution in [0.2, 0.25) is 0 Å². The van der Waals surface area contributed by atoms with Gasteiger partial charge in [0.05, 0.1) is 88.6 Å². The van der Waals surface area contributed by atoms with Gasteiger partial charge in [0.25, 0.3) is 17.7 Å².